The van der Waals surface area contributed by atoms with Crippen molar-refractivity contribution in [2.75, 3.05) is 6.54 Å². The molecule has 1 aromatic rings. The SMILES string of the molecule is O=C1CNC(=O)N1.c1cscn1. The van der Waals surface area contributed by atoms with Crippen LogP contribution < -0.4 is 10.6 Å². The molecule has 1 aliphatic rings. The number of carbonyl (C=O) groups excluding carboxylic acids is 2. The van der Waals surface area contributed by atoms with Crippen LogP contribution in [0.15, 0.2) is 17.1 Å². The summed E-state index contributed by atoms with van der Waals surface area (Å²) in [6, 6.07) is -0.398. The Morgan fingerprint density at radius 2 is 2.33 bits per heavy atom. The summed E-state index contributed by atoms with van der Waals surface area (Å²) < 4.78 is 0. The second kappa shape index (κ2) is 4.45. The number of hydrogen-bond acceptors (Lipinski definition) is 4. The Morgan fingerprint density at radius 1 is 1.50 bits per heavy atom. The van der Waals surface area contributed by atoms with E-state index in [0.717, 1.165) is 0 Å². The van der Waals surface area contributed by atoms with Gasteiger partial charge in [0.05, 0.1) is 12.1 Å². The Balaban J connectivity index is 0.000000127. The van der Waals surface area contributed by atoms with E-state index >= 15 is 0 Å². The quantitative estimate of drug-likeness (QED) is 0.557. The van der Waals surface area contributed by atoms with Crippen molar-refractivity contribution in [1.82, 2.24) is 15.6 Å². The highest BCUT2D eigenvalue weighted by atomic mass is 32.1. The molecule has 0 atom stereocenters. The summed E-state index contributed by atoms with van der Waals surface area (Å²) in [5.74, 6) is -0.259. The summed E-state index contributed by atoms with van der Waals surface area (Å²) in [7, 11) is 0. The van der Waals surface area contributed by atoms with Gasteiger partial charge in [-0.15, -0.1) is 11.3 Å². The minimum atomic E-state index is -0.398. The minimum Gasteiger partial charge on any atom is -0.329 e. The molecule has 1 fully saturated rings. The number of aromatic nitrogens is 1. The van der Waals surface area contributed by atoms with Crippen LogP contribution in [0.4, 0.5) is 4.79 Å². The summed E-state index contributed by atoms with van der Waals surface area (Å²) in [5.41, 5.74) is 1.79. The maximum atomic E-state index is 10.1. The smallest absolute Gasteiger partial charge is 0.321 e. The molecule has 0 bridgehead atoms. The van der Waals surface area contributed by atoms with Crippen LogP contribution in [-0.2, 0) is 4.79 Å². The van der Waals surface area contributed by atoms with Crippen molar-refractivity contribution in [2.45, 2.75) is 0 Å². The van der Waals surface area contributed by atoms with Gasteiger partial charge in [0.1, 0.15) is 0 Å². The Morgan fingerprint density at radius 3 is 2.50 bits per heavy atom. The van der Waals surface area contributed by atoms with Gasteiger partial charge in [0.25, 0.3) is 0 Å². The van der Waals surface area contributed by atoms with Crippen molar-refractivity contribution in [3.63, 3.8) is 0 Å². The number of amides is 3. The molecule has 0 saturated carbocycles. The van der Waals surface area contributed by atoms with Crippen molar-refractivity contribution in [2.24, 2.45) is 0 Å². The van der Waals surface area contributed by atoms with E-state index in [9.17, 15) is 9.59 Å². The van der Waals surface area contributed by atoms with Crippen molar-refractivity contribution in [3.8, 4) is 0 Å². The van der Waals surface area contributed by atoms with Crippen molar-refractivity contribution < 1.29 is 9.59 Å². The van der Waals surface area contributed by atoms with Crippen LogP contribution in [-0.4, -0.2) is 23.5 Å². The van der Waals surface area contributed by atoms with E-state index in [1.165, 1.54) is 0 Å². The molecule has 0 aromatic carbocycles. The van der Waals surface area contributed by atoms with Crippen LogP contribution in [0.25, 0.3) is 0 Å². The van der Waals surface area contributed by atoms with Gasteiger partial charge in [-0.2, -0.15) is 0 Å². The summed E-state index contributed by atoms with van der Waals surface area (Å²) in [5, 5.41) is 6.23. The monoisotopic (exact) mass is 185 g/mol. The van der Waals surface area contributed by atoms with Gasteiger partial charge in [0.15, 0.2) is 0 Å². The predicted octanol–water partition coefficient (Wildman–Crippen LogP) is -0.0311. The first-order chi connectivity index (χ1) is 5.79. The summed E-state index contributed by atoms with van der Waals surface area (Å²) in [6.45, 7) is 0.124. The maximum absolute atomic E-state index is 10.1. The van der Waals surface area contributed by atoms with E-state index in [1.54, 1.807) is 23.0 Å². The zero-order valence-electron chi connectivity index (χ0n) is 6.11. The van der Waals surface area contributed by atoms with Crippen LogP contribution in [0.5, 0.6) is 0 Å². The topological polar surface area (TPSA) is 71.1 Å². The molecule has 2 N–H and O–H groups in total. The zero-order chi connectivity index (χ0) is 8.81. The van der Waals surface area contributed by atoms with E-state index in [1.807, 2.05) is 10.7 Å². The first kappa shape index (κ1) is 8.66. The number of thiazole rings is 1. The van der Waals surface area contributed by atoms with Crippen molar-refractivity contribution in [1.29, 1.82) is 0 Å². The van der Waals surface area contributed by atoms with E-state index < -0.39 is 6.03 Å². The van der Waals surface area contributed by atoms with E-state index in [0.29, 0.717) is 0 Å². The standard InChI is InChI=1S/C3H4N2O2.C3H3NS/c6-2-1-4-3(7)5-2;1-2-5-3-4-1/h1H2,(H2,4,5,6,7);1-3H. The molecule has 6 heteroatoms. The van der Waals surface area contributed by atoms with Gasteiger partial charge < -0.3 is 5.32 Å². The fourth-order valence-corrected chi connectivity index (χ4v) is 0.903. The van der Waals surface area contributed by atoms with Crippen LogP contribution in [0, 0.1) is 0 Å². The minimum absolute atomic E-state index is 0.124. The van der Waals surface area contributed by atoms with Gasteiger partial charge in [-0.25, -0.2) is 4.79 Å². The number of carbonyl (C=O) groups is 2. The van der Waals surface area contributed by atoms with E-state index in [-0.39, 0.29) is 12.5 Å². The van der Waals surface area contributed by atoms with Crippen LogP contribution in [0.3, 0.4) is 0 Å². The van der Waals surface area contributed by atoms with Gasteiger partial charge in [-0.05, 0) is 0 Å². The molecular weight excluding hydrogens is 178 g/mol. The Labute approximate surface area is 72.8 Å². The molecular formula is C6H7N3O2S. The molecule has 0 unspecified atom stereocenters. The van der Waals surface area contributed by atoms with Gasteiger partial charge in [-0.1, -0.05) is 0 Å². The third-order valence-electron chi connectivity index (χ3n) is 1.01. The second-order valence-electron chi connectivity index (χ2n) is 1.91. The zero-order valence-corrected chi connectivity index (χ0v) is 6.93. The molecule has 1 aliphatic heterocycles. The molecule has 1 aromatic heterocycles. The van der Waals surface area contributed by atoms with Gasteiger partial charge >= 0.3 is 6.03 Å². The van der Waals surface area contributed by atoms with Gasteiger partial charge in [0.2, 0.25) is 5.91 Å². The number of hydrogen-bond donors (Lipinski definition) is 2. The molecule has 12 heavy (non-hydrogen) atoms. The third kappa shape index (κ3) is 3.11. The molecule has 5 nitrogen and oxygen atoms in total. The Bertz CT molecular complexity index is 229. The highest BCUT2D eigenvalue weighted by Gasteiger charge is 2.14. The largest absolute Gasteiger partial charge is 0.329 e. The van der Waals surface area contributed by atoms with Crippen LogP contribution >= 0.6 is 11.3 Å². The molecule has 0 spiro atoms. The number of rotatable bonds is 0. The lowest BCUT2D eigenvalue weighted by Gasteiger charge is -1.78. The maximum Gasteiger partial charge on any atom is 0.321 e. The summed E-state index contributed by atoms with van der Waals surface area (Å²) in [6.07, 6.45) is 1.77. The lowest BCUT2D eigenvalue weighted by atomic mass is 10.7. The number of nitrogens with one attached hydrogen (secondary N) is 2. The van der Waals surface area contributed by atoms with E-state index in [4.69, 9.17) is 0 Å². The third-order valence-corrected chi connectivity index (χ3v) is 1.53. The van der Waals surface area contributed by atoms with Crippen molar-refractivity contribution >= 4 is 23.3 Å². The average Bonchev–Trinajstić information content (AvgIpc) is 2.63. The molecule has 2 heterocycles. The predicted molar refractivity (Wildman–Crippen MR) is 43.7 cm³/mol. The number of imide groups is 1. The first-order valence-electron chi connectivity index (χ1n) is 3.19. The van der Waals surface area contributed by atoms with Crippen LogP contribution in [0.1, 0.15) is 0 Å². The number of urea groups is 1. The Hall–Kier alpha value is -1.43. The molecule has 0 radical (unpaired) electrons. The first-order valence-corrected chi connectivity index (χ1v) is 4.13. The van der Waals surface area contributed by atoms with Crippen molar-refractivity contribution in [3.05, 3.63) is 17.1 Å². The summed E-state index contributed by atoms with van der Waals surface area (Å²) >= 11 is 1.60. The van der Waals surface area contributed by atoms with Crippen LogP contribution in [0.2, 0.25) is 0 Å². The lowest BCUT2D eigenvalue weighted by molar-refractivity contribution is -0.117. The molecule has 64 valence electrons. The molecule has 0 aliphatic carbocycles. The fourth-order valence-electron chi connectivity index (χ4n) is 0.551. The highest BCUT2D eigenvalue weighted by Crippen LogP contribution is 1.85. The fraction of sp³-hybridized carbons (Fsp3) is 0.167. The van der Waals surface area contributed by atoms with Gasteiger partial charge in [-0.3, -0.25) is 15.1 Å². The molecule has 3 amide bonds. The lowest BCUT2D eigenvalue weighted by Crippen LogP contribution is -2.22. The van der Waals surface area contributed by atoms with E-state index in [2.05, 4.69) is 10.3 Å². The second-order valence-corrected chi connectivity index (χ2v) is 2.66. The molecule has 1 saturated heterocycles. The van der Waals surface area contributed by atoms with Gasteiger partial charge in [0, 0.05) is 11.6 Å². The number of nitrogens with zero attached hydrogens (tertiary/aromatic N) is 1. The normalized spacial score (nSPS) is 14.3. The molecule has 2 rings (SSSR count). The summed E-state index contributed by atoms with van der Waals surface area (Å²) in [4.78, 5) is 23.8. The highest BCUT2D eigenvalue weighted by molar-refractivity contribution is 7.07. The average molecular weight is 185 g/mol. The Kier molecular flexibility index (Phi) is 3.21.